The van der Waals surface area contributed by atoms with Crippen molar-refractivity contribution in [1.29, 1.82) is 0 Å². The first-order valence-corrected chi connectivity index (χ1v) is 11.8. The highest BCUT2D eigenvalue weighted by atomic mass is 16.5. The van der Waals surface area contributed by atoms with Gasteiger partial charge in [0.15, 0.2) is 0 Å². The first-order chi connectivity index (χ1) is 16.8. The van der Waals surface area contributed by atoms with Crippen LogP contribution in [0.15, 0.2) is 48.7 Å². The van der Waals surface area contributed by atoms with Crippen LogP contribution in [0, 0.1) is 5.92 Å². The van der Waals surface area contributed by atoms with E-state index in [0.717, 1.165) is 6.42 Å². The van der Waals surface area contributed by atoms with Crippen LogP contribution in [0.1, 0.15) is 44.7 Å². The van der Waals surface area contributed by atoms with E-state index in [4.69, 9.17) is 9.47 Å². The van der Waals surface area contributed by atoms with E-state index in [1.807, 2.05) is 0 Å². The second-order valence-corrected chi connectivity index (χ2v) is 8.49. The summed E-state index contributed by atoms with van der Waals surface area (Å²) in [5.74, 6) is 0.566. The van der Waals surface area contributed by atoms with Crippen LogP contribution >= 0.6 is 0 Å². The zero-order chi connectivity index (χ0) is 25.6. The van der Waals surface area contributed by atoms with E-state index in [9.17, 15) is 14.4 Å². The third-order valence-corrected chi connectivity index (χ3v) is 5.37. The zero-order valence-electron chi connectivity index (χ0n) is 21.0. The highest BCUT2D eigenvalue weighted by Gasteiger charge is 2.31. The molecule has 2 rings (SSSR count). The summed E-state index contributed by atoms with van der Waals surface area (Å²) in [6, 6.07) is 11.4. The Morgan fingerprint density at radius 3 is 2.37 bits per heavy atom. The van der Waals surface area contributed by atoms with Crippen molar-refractivity contribution in [2.75, 3.05) is 39.2 Å². The van der Waals surface area contributed by atoms with Crippen molar-refractivity contribution in [3.8, 4) is 5.75 Å². The van der Waals surface area contributed by atoms with E-state index in [1.54, 1.807) is 55.8 Å². The standard InChI is InChI=1S/C26H36N4O5/c1-19(2)14-16-28-26(33)25(20-8-10-21(35-4)11-9-20)30(17-18-34-3)24(32)13-12-23(31)29-22-7-5-6-15-27-22/h5-11,15,19,25H,12-14,16-18H2,1-4H3,(H,28,33)(H,27,29,31)/t25-/m0/s1. The van der Waals surface area contributed by atoms with Gasteiger partial charge in [-0.3, -0.25) is 14.4 Å². The molecule has 0 saturated heterocycles. The normalized spacial score (nSPS) is 11.6. The number of benzene rings is 1. The molecule has 2 aromatic rings. The zero-order valence-corrected chi connectivity index (χ0v) is 21.0. The number of aromatic nitrogens is 1. The number of amides is 3. The molecule has 2 N–H and O–H groups in total. The first kappa shape index (κ1) is 27.8. The molecule has 0 bridgehead atoms. The quantitative estimate of drug-likeness (QED) is 0.426. The highest BCUT2D eigenvalue weighted by molar-refractivity contribution is 5.94. The molecule has 0 saturated carbocycles. The van der Waals surface area contributed by atoms with Gasteiger partial charge in [-0.1, -0.05) is 32.0 Å². The van der Waals surface area contributed by atoms with E-state index in [1.165, 1.54) is 12.0 Å². The van der Waals surface area contributed by atoms with Crippen LogP contribution in [0.4, 0.5) is 5.82 Å². The van der Waals surface area contributed by atoms with Crippen LogP contribution in [-0.4, -0.2) is 61.5 Å². The van der Waals surface area contributed by atoms with Crippen molar-refractivity contribution in [3.63, 3.8) is 0 Å². The smallest absolute Gasteiger partial charge is 0.247 e. The number of anilines is 1. The van der Waals surface area contributed by atoms with E-state index < -0.39 is 6.04 Å². The molecule has 3 amide bonds. The maximum atomic E-state index is 13.3. The van der Waals surface area contributed by atoms with Crippen molar-refractivity contribution in [2.24, 2.45) is 5.92 Å². The molecule has 0 spiro atoms. The fraction of sp³-hybridized carbons (Fsp3) is 0.462. The van der Waals surface area contributed by atoms with Gasteiger partial charge >= 0.3 is 0 Å². The topological polar surface area (TPSA) is 110 Å². The Bertz CT molecular complexity index is 935. The van der Waals surface area contributed by atoms with Crippen molar-refractivity contribution < 1.29 is 23.9 Å². The monoisotopic (exact) mass is 484 g/mol. The lowest BCUT2D eigenvalue weighted by Crippen LogP contribution is -2.45. The minimum atomic E-state index is -0.866. The number of methoxy groups -OCH3 is 2. The summed E-state index contributed by atoms with van der Waals surface area (Å²) < 4.78 is 10.4. The molecule has 0 radical (unpaired) electrons. The van der Waals surface area contributed by atoms with Gasteiger partial charge in [-0.2, -0.15) is 0 Å². The van der Waals surface area contributed by atoms with Gasteiger partial charge in [0.05, 0.1) is 13.7 Å². The second-order valence-electron chi connectivity index (χ2n) is 8.49. The SMILES string of the molecule is COCCN(C(=O)CCC(=O)Nc1ccccn1)[C@H](C(=O)NCCC(C)C)c1ccc(OC)cc1. The van der Waals surface area contributed by atoms with Crippen molar-refractivity contribution >= 4 is 23.5 Å². The van der Waals surface area contributed by atoms with Gasteiger partial charge < -0.3 is 25.0 Å². The number of nitrogens with one attached hydrogen (secondary N) is 2. The first-order valence-electron chi connectivity index (χ1n) is 11.8. The van der Waals surface area contributed by atoms with Crippen LogP contribution < -0.4 is 15.4 Å². The van der Waals surface area contributed by atoms with Crippen LogP contribution in [0.3, 0.4) is 0 Å². The Morgan fingerprint density at radius 1 is 1.03 bits per heavy atom. The van der Waals surface area contributed by atoms with E-state index in [0.29, 0.717) is 29.6 Å². The van der Waals surface area contributed by atoms with Gasteiger partial charge in [0, 0.05) is 39.2 Å². The largest absolute Gasteiger partial charge is 0.497 e. The number of carbonyl (C=O) groups is 3. The molecule has 1 aromatic heterocycles. The van der Waals surface area contributed by atoms with Crippen LogP contribution in [0.25, 0.3) is 0 Å². The summed E-state index contributed by atoms with van der Waals surface area (Å²) >= 11 is 0. The van der Waals surface area contributed by atoms with E-state index in [2.05, 4.69) is 29.5 Å². The number of rotatable bonds is 14. The molecule has 0 unspecified atom stereocenters. The van der Waals surface area contributed by atoms with Gasteiger partial charge in [-0.15, -0.1) is 0 Å². The fourth-order valence-electron chi connectivity index (χ4n) is 3.43. The molecule has 0 aliphatic carbocycles. The number of carbonyl (C=O) groups excluding carboxylic acids is 3. The third kappa shape index (κ3) is 9.36. The number of pyridine rings is 1. The van der Waals surface area contributed by atoms with Crippen molar-refractivity contribution in [1.82, 2.24) is 15.2 Å². The molecule has 9 nitrogen and oxygen atoms in total. The summed E-state index contributed by atoms with van der Waals surface area (Å²) in [7, 11) is 3.10. The average molecular weight is 485 g/mol. The van der Waals surface area contributed by atoms with Gasteiger partial charge in [-0.25, -0.2) is 4.98 Å². The number of hydrogen-bond acceptors (Lipinski definition) is 6. The fourth-order valence-corrected chi connectivity index (χ4v) is 3.43. The maximum Gasteiger partial charge on any atom is 0.247 e. The summed E-state index contributed by atoms with van der Waals surface area (Å²) in [6.07, 6.45) is 2.29. The Labute approximate surface area is 207 Å². The summed E-state index contributed by atoms with van der Waals surface area (Å²) in [6.45, 7) is 5.11. The predicted octanol–water partition coefficient (Wildman–Crippen LogP) is 3.19. The molecule has 1 aromatic carbocycles. The number of ether oxygens (including phenoxy) is 2. The minimum Gasteiger partial charge on any atom is -0.497 e. The number of hydrogen-bond donors (Lipinski definition) is 2. The molecule has 1 atom stereocenters. The lowest BCUT2D eigenvalue weighted by molar-refractivity contribution is -0.142. The van der Waals surface area contributed by atoms with E-state index >= 15 is 0 Å². The van der Waals surface area contributed by atoms with Gasteiger partial charge in [0.25, 0.3) is 0 Å². The van der Waals surface area contributed by atoms with E-state index in [-0.39, 0.29) is 43.7 Å². The molecule has 190 valence electrons. The Kier molecular flexibility index (Phi) is 11.7. The molecular formula is C26H36N4O5. The van der Waals surface area contributed by atoms with Crippen LogP contribution in [0.2, 0.25) is 0 Å². The van der Waals surface area contributed by atoms with Gasteiger partial charge in [0.1, 0.15) is 17.6 Å². The lowest BCUT2D eigenvalue weighted by atomic mass is 10.0. The van der Waals surface area contributed by atoms with Crippen molar-refractivity contribution in [2.45, 2.75) is 39.2 Å². The molecule has 0 fully saturated rings. The minimum absolute atomic E-state index is 0.0385. The Morgan fingerprint density at radius 2 is 1.77 bits per heavy atom. The lowest BCUT2D eigenvalue weighted by Gasteiger charge is -2.31. The Balaban J connectivity index is 2.20. The summed E-state index contributed by atoms with van der Waals surface area (Å²) in [5.41, 5.74) is 0.648. The highest BCUT2D eigenvalue weighted by Crippen LogP contribution is 2.25. The summed E-state index contributed by atoms with van der Waals surface area (Å²) in [5, 5.41) is 5.63. The second kappa shape index (κ2) is 14.7. The molecule has 35 heavy (non-hydrogen) atoms. The van der Waals surface area contributed by atoms with Gasteiger partial charge in [0.2, 0.25) is 17.7 Å². The average Bonchev–Trinajstić information content (AvgIpc) is 2.85. The third-order valence-electron chi connectivity index (χ3n) is 5.37. The predicted molar refractivity (Wildman–Crippen MR) is 134 cm³/mol. The number of nitrogens with zero attached hydrogens (tertiary/aromatic N) is 2. The van der Waals surface area contributed by atoms with Crippen LogP contribution in [0.5, 0.6) is 5.75 Å². The summed E-state index contributed by atoms with van der Waals surface area (Å²) in [4.78, 5) is 44.5. The Hall–Kier alpha value is -3.46. The molecule has 0 aliphatic rings. The molecule has 0 aliphatic heterocycles. The molecule has 1 heterocycles. The molecule has 9 heteroatoms. The van der Waals surface area contributed by atoms with Crippen LogP contribution in [-0.2, 0) is 19.1 Å². The maximum absolute atomic E-state index is 13.3. The molecular weight excluding hydrogens is 448 g/mol. The van der Waals surface area contributed by atoms with Crippen molar-refractivity contribution in [3.05, 3.63) is 54.2 Å². The van der Waals surface area contributed by atoms with Gasteiger partial charge in [-0.05, 0) is 42.2 Å².